The Balaban J connectivity index is 1.64. The number of carbonyl (C=O) groups is 1. The number of benzene rings is 1. The summed E-state index contributed by atoms with van der Waals surface area (Å²) in [6, 6.07) is 6.48. The van der Waals surface area contributed by atoms with Gasteiger partial charge >= 0.3 is 0 Å². The van der Waals surface area contributed by atoms with Crippen LogP contribution in [-0.2, 0) is 22.0 Å². The predicted octanol–water partition coefficient (Wildman–Crippen LogP) is 4.73. The molecule has 4 nitrogen and oxygen atoms in total. The lowest BCUT2D eigenvalue weighted by Gasteiger charge is -2.33. The Morgan fingerprint density at radius 1 is 1.10 bits per heavy atom. The van der Waals surface area contributed by atoms with E-state index in [1.54, 1.807) is 0 Å². The molecule has 0 radical (unpaired) electrons. The van der Waals surface area contributed by atoms with Gasteiger partial charge in [-0.2, -0.15) is 0 Å². The SMILES string of the molecule is CC(C(=O)c1ccc(C2CCCCC2)c(C2CC(S(=O)O)CCN2)c1)[S+]1CCCC1. The van der Waals surface area contributed by atoms with Crippen LogP contribution in [0.3, 0.4) is 0 Å². The van der Waals surface area contributed by atoms with Gasteiger partial charge in [-0.1, -0.05) is 31.4 Å². The van der Waals surface area contributed by atoms with Gasteiger partial charge in [-0.3, -0.25) is 4.79 Å². The Labute approximate surface area is 186 Å². The zero-order chi connectivity index (χ0) is 21.1. The minimum absolute atomic E-state index is 0.0637. The molecule has 4 rings (SSSR count). The number of ketones is 1. The van der Waals surface area contributed by atoms with Crippen LogP contribution in [0.15, 0.2) is 18.2 Å². The van der Waals surface area contributed by atoms with Gasteiger partial charge in [-0.05, 0) is 86.0 Å². The Hall–Kier alpha value is -0.690. The molecule has 1 saturated carbocycles. The summed E-state index contributed by atoms with van der Waals surface area (Å²) in [5.74, 6) is 3.24. The second-order valence-electron chi connectivity index (χ2n) is 9.27. The first-order valence-electron chi connectivity index (χ1n) is 11.7. The number of rotatable bonds is 6. The molecule has 2 aliphatic heterocycles. The first-order valence-corrected chi connectivity index (χ1v) is 14.5. The normalized spacial score (nSPS) is 28.3. The number of carbonyl (C=O) groups excluding carboxylic acids is 1. The average molecular weight is 451 g/mol. The van der Waals surface area contributed by atoms with Crippen molar-refractivity contribution in [2.75, 3.05) is 18.1 Å². The number of hydrogen-bond donors (Lipinski definition) is 2. The van der Waals surface area contributed by atoms with E-state index >= 15 is 0 Å². The average Bonchev–Trinajstić information content (AvgIpc) is 3.33. The molecule has 4 atom stereocenters. The van der Waals surface area contributed by atoms with Gasteiger partial charge in [-0.25, -0.2) is 4.21 Å². The van der Waals surface area contributed by atoms with Crippen LogP contribution in [0.4, 0.5) is 0 Å². The minimum atomic E-state index is -1.79. The molecule has 3 aliphatic rings. The number of nitrogens with one attached hydrogen (secondary N) is 1. The summed E-state index contributed by atoms with van der Waals surface area (Å²) in [6.07, 6.45) is 10.2. The Kier molecular flexibility index (Phi) is 7.71. The Morgan fingerprint density at radius 3 is 2.53 bits per heavy atom. The fourth-order valence-corrected chi connectivity index (χ4v) is 8.71. The van der Waals surface area contributed by atoms with Crippen LogP contribution < -0.4 is 5.32 Å². The van der Waals surface area contributed by atoms with Gasteiger partial charge in [0, 0.05) is 11.6 Å². The Bertz CT molecular complexity index is 772. The molecule has 2 saturated heterocycles. The summed E-state index contributed by atoms with van der Waals surface area (Å²) in [5, 5.41) is 3.52. The molecule has 1 aliphatic carbocycles. The van der Waals surface area contributed by atoms with Crippen LogP contribution in [-0.4, -0.2) is 43.1 Å². The molecule has 1 aromatic carbocycles. The van der Waals surface area contributed by atoms with Crippen LogP contribution in [0.2, 0.25) is 0 Å². The van der Waals surface area contributed by atoms with Gasteiger partial charge < -0.3 is 9.87 Å². The molecule has 0 spiro atoms. The summed E-state index contributed by atoms with van der Waals surface area (Å²) < 4.78 is 21.4. The van der Waals surface area contributed by atoms with Crippen molar-refractivity contribution in [3.05, 3.63) is 34.9 Å². The molecule has 0 amide bonds. The van der Waals surface area contributed by atoms with Crippen LogP contribution in [0.1, 0.15) is 98.2 Å². The molecule has 0 aromatic heterocycles. The fraction of sp³-hybridized carbons (Fsp3) is 0.708. The molecule has 6 heteroatoms. The number of Topliss-reactive ketones (excluding diaryl/α,β-unsaturated/α-hetero) is 1. The van der Waals surface area contributed by atoms with Gasteiger partial charge in [0.05, 0.1) is 5.25 Å². The third-order valence-corrected chi connectivity index (χ3v) is 11.2. The molecular weight excluding hydrogens is 414 g/mol. The second-order valence-corrected chi connectivity index (χ2v) is 13.1. The standard InChI is InChI=1S/C24H35NO3S2/c1-17(29-13-5-6-14-29)24(26)19-9-10-21(18-7-3-2-4-8-18)22(15-19)23-16-20(30(27)28)11-12-25-23/h9-10,15,17-18,20,23,25H,2-8,11-14,16H2,1H3/p+1. The van der Waals surface area contributed by atoms with Crippen molar-refractivity contribution in [1.29, 1.82) is 0 Å². The van der Waals surface area contributed by atoms with E-state index in [1.807, 2.05) is 0 Å². The first-order chi connectivity index (χ1) is 14.5. The van der Waals surface area contributed by atoms with Crippen LogP contribution >= 0.6 is 0 Å². The van der Waals surface area contributed by atoms with Crippen molar-refractivity contribution in [2.45, 2.75) is 87.2 Å². The van der Waals surface area contributed by atoms with E-state index in [2.05, 4.69) is 30.4 Å². The maximum absolute atomic E-state index is 13.3. The summed E-state index contributed by atoms with van der Waals surface area (Å²) in [7, 11) is 0.226. The minimum Gasteiger partial charge on any atom is -0.310 e. The van der Waals surface area contributed by atoms with Crippen molar-refractivity contribution in [3.63, 3.8) is 0 Å². The molecule has 2 N–H and O–H groups in total. The van der Waals surface area contributed by atoms with E-state index < -0.39 is 11.1 Å². The van der Waals surface area contributed by atoms with Gasteiger partial charge in [0.1, 0.15) is 11.5 Å². The van der Waals surface area contributed by atoms with E-state index in [0.717, 1.165) is 18.5 Å². The fourth-order valence-electron chi connectivity index (χ4n) is 5.53. The second kappa shape index (κ2) is 10.3. The highest BCUT2D eigenvalue weighted by Crippen LogP contribution is 2.39. The van der Waals surface area contributed by atoms with Crippen molar-refractivity contribution in [1.82, 2.24) is 5.32 Å². The summed E-state index contributed by atoms with van der Waals surface area (Å²) in [5.41, 5.74) is 3.42. The van der Waals surface area contributed by atoms with Crippen molar-refractivity contribution in [2.24, 2.45) is 0 Å². The third kappa shape index (κ3) is 5.03. The van der Waals surface area contributed by atoms with Gasteiger partial charge in [-0.15, -0.1) is 0 Å². The maximum atomic E-state index is 13.3. The van der Waals surface area contributed by atoms with Crippen molar-refractivity contribution < 1.29 is 13.6 Å². The van der Waals surface area contributed by atoms with Gasteiger partial charge in [0.25, 0.3) is 0 Å². The quantitative estimate of drug-likeness (QED) is 0.373. The van der Waals surface area contributed by atoms with Crippen molar-refractivity contribution in [3.8, 4) is 0 Å². The molecular formula is C24H36NO3S2+. The van der Waals surface area contributed by atoms with Crippen LogP contribution in [0.5, 0.6) is 0 Å². The van der Waals surface area contributed by atoms with Gasteiger partial charge in [0.2, 0.25) is 5.78 Å². The van der Waals surface area contributed by atoms with E-state index in [-0.39, 0.29) is 33.2 Å². The molecule has 3 fully saturated rings. The number of hydrogen-bond acceptors (Lipinski definition) is 3. The lowest BCUT2D eigenvalue weighted by molar-refractivity contribution is 0.0993. The first kappa shape index (κ1) is 22.5. The molecule has 166 valence electrons. The van der Waals surface area contributed by atoms with E-state index in [1.165, 1.54) is 67.6 Å². The highest BCUT2D eigenvalue weighted by molar-refractivity contribution is 7.98. The lowest BCUT2D eigenvalue weighted by Crippen LogP contribution is -2.37. The highest BCUT2D eigenvalue weighted by atomic mass is 32.2. The molecule has 0 bridgehead atoms. The highest BCUT2D eigenvalue weighted by Gasteiger charge is 2.37. The molecule has 4 unspecified atom stereocenters. The van der Waals surface area contributed by atoms with Crippen LogP contribution in [0.25, 0.3) is 0 Å². The lowest BCUT2D eigenvalue weighted by atomic mass is 9.79. The van der Waals surface area contributed by atoms with Crippen molar-refractivity contribution >= 4 is 27.8 Å². The van der Waals surface area contributed by atoms with E-state index in [4.69, 9.17) is 0 Å². The maximum Gasteiger partial charge on any atom is 0.214 e. The zero-order valence-corrected chi connectivity index (χ0v) is 19.7. The topological polar surface area (TPSA) is 66.4 Å². The largest absolute Gasteiger partial charge is 0.310 e. The smallest absolute Gasteiger partial charge is 0.214 e. The summed E-state index contributed by atoms with van der Waals surface area (Å²) in [4.78, 5) is 13.3. The summed E-state index contributed by atoms with van der Waals surface area (Å²) in [6.45, 7) is 2.87. The molecule has 2 heterocycles. The predicted molar refractivity (Wildman–Crippen MR) is 127 cm³/mol. The van der Waals surface area contributed by atoms with E-state index in [0.29, 0.717) is 12.3 Å². The third-order valence-electron chi connectivity index (χ3n) is 7.36. The van der Waals surface area contributed by atoms with Crippen LogP contribution in [0, 0.1) is 0 Å². The van der Waals surface area contributed by atoms with Gasteiger partial charge in [0.15, 0.2) is 16.3 Å². The molecule has 1 aromatic rings. The Morgan fingerprint density at radius 2 is 1.83 bits per heavy atom. The number of piperidine rings is 1. The molecule has 30 heavy (non-hydrogen) atoms. The summed E-state index contributed by atoms with van der Waals surface area (Å²) >= 11 is -1.79. The monoisotopic (exact) mass is 450 g/mol. The van der Waals surface area contributed by atoms with E-state index in [9.17, 15) is 13.6 Å². The zero-order valence-electron chi connectivity index (χ0n) is 18.1.